The number of rotatable bonds is 4. The number of hydrogen-bond acceptors (Lipinski definition) is 3. The first-order chi connectivity index (χ1) is 9.31. The quantitative estimate of drug-likeness (QED) is 0.891. The Balaban J connectivity index is 2.30. The van der Waals surface area contributed by atoms with Crippen LogP contribution >= 0.6 is 0 Å². The molecule has 2 atom stereocenters. The Morgan fingerprint density at radius 2 is 2.10 bits per heavy atom. The summed E-state index contributed by atoms with van der Waals surface area (Å²) in [5.74, 6) is -2.20. The number of carboxylic acids is 1. The van der Waals surface area contributed by atoms with Gasteiger partial charge < -0.3 is 5.11 Å². The van der Waals surface area contributed by atoms with Gasteiger partial charge in [0.05, 0.1) is 10.5 Å². The van der Waals surface area contributed by atoms with Gasteiger partial charge in [-0.1, -0.05) is 13.3 Å². The average molecular weight is 301 g/mol. The minimum absolute atomic E-state index is 0.154. The van der Waals surface area contributed by atoms with E-state index in [1.807, 2.05) is 6.92 Å². The molecule has 1 aliphatic carbocycles. The van der Waals surface area contributed by atoms with E-state index in [9.17, 15) is 17.6 Å². The van der Waals surface area contributed by atoms with Gasteiger partial charge in [-0.3, -0.25) is 0 Å². The van der Waals surface area contributed by atoms with Crippen molar-refractivity contribution in [3.05, 3.63) is 29.6 Å². The van der Waals surface area contributed by atoms with Gasteiger partial charge in [0, 0.05) is 6.04 Å². The van der Waals surface area contributed by atoms with Gasteiger partial charge in [-0.15, -0.1) is 0 Å². The number of sulfonamides is 1. The average Bonchev–Trinajstić information content (AvgIpc) is 2.74. The van der Waals surface area contributed by atoms with Crippen molar-refractivity contribution in [1.29, 1.82) is 0 Å². The van der Waals surface area contributed by atoms with E-state index in [1.165, 1.54) is 0 Å². The van der Waals surface area contributed by atoms with Crippen molar-refractivity contribution in [3.63, 3.8) is 0 Å². The zero-order valence-electron chi connectivity index (χ0n) is 11.0. The highest BCUT2D eigenvalue weighted by Gasteiger charge is 2.29. The van der Waals surface area contributed by atoms with Crippen LogP contribution in [-0.4, -0.2) is 25.5 Å². The predicted octanol–water partition coefficient (Wildman–Crippen LogP) is 1.99. The van der Waals surface area contributed by atoms with E-state index in [-0.39, 0.29) is 16.9 Å². The molecule has 0 aromatic heterocycles. The zero-order valence-corrected chi connectivity index (χ0v) is 11.8. The van der Waals surface area contributed by atoms with Crippen LogP contribution in [0.25, 0.3) is 0 Å². The molecule has 1 aromatic rings. The Bertz CT molecular complexity index is 629. The van der Waals surface area contributed by atoms with Crippen LogP contribution in [0.5, 0.6) is 0 Å². The van der Waals surface area contributed by atoms with Gasteiger partial charge in [-0.05, 0) is 37.0 Å². The molecule has 2 N–H and O–H groups in total. The van der Waals surface area contributed by atoms with E-state index in [2.05, 4.69) is 4.72 Å². The Morgan fingerprint density at radius 1 is 1.40 bits per heavy atom. The lowest BCUT2D eigenvalue weighted by molar-refractivity contribution is 0.0691. The van der Waals surface area contributed by atoms with Crippen molar-refractivity contribution in [2.75, 3.05) is 0 Å². The first kappa shape index (κ1) is 14.9. The van der Waals surface area contributed by atoms with Gasteiger partial charge in [0.25, 0.3) is 0 Å². The third-order valence-electron chi connectivity index (χ3n) is 3.65. The van der Waals surface area contributed by atoms with Crippen LogP contribution in [0.15, 0.2) is 23.1 Å². The van der Waals surface area contributed by atoms with Gasteiger partial charge in [0.15, 0.2) is 0 Å². The topological polar surface area (TPSA) is 83.5 Å². The van der Waals surface area contributed by atoms with E-state index in [1.54, 1.807) is 0 Å². The van der Waals surface area contributed by atoms with Gasteiger partial charge >= 0.3 is 5.97 Å². The van der Waals surface area contributed by atoms with Gasteiger partial charge in [-0.2, -0.15) is 0 Å². The molecule has 0 bridgehead atoms. The van der Waals surface area contributed by atoms with Crippen molar-refractivity contribution in [3.8, 4) is 0 Å². The first-order valence-electron chi connectivity index (χ1n) is 6.36. The van der Waals surface area contributed by atoms with Crippen LogP contribution < -0.4 is 4.72 Å². The summed E-state index contributed by atoms with van der Waals surface area (Å²) >= 11 is 0. The molecular weight excluding hydrogens is 285 g/mol. The second kappa shape index (κ2) is 5.49. The van der Waals surface area contributed by atoms with Crippen LogP contribution in [0.3, 0.4) is 0 Å². The molecule has 0 amide bonds. The molecular formula is C13H16FNO4S. The monoisotopic (exact) mass is 301 g/mol. The van der Waals surface area contributed by atoms with E-state index in [4.69, 9.17) is 5.11 Å². The number of carbonyl (C=O) groups is 1. The second-order valence-electron chi connectivity index (χ2n) is 5.08. The highest BCUT2D eigenvalue weighted by Crippen LogP contribution is 2.26. The summed E-state index contributed by atoms with van der Waals surface area (Å²) in [5.41, 5.74) is -0.646. The van der Waals surface area contributed by atoms with Crippen molar-refractivity contribution < 1.29 is 22.7 Å². The van der Waals surface area contributed by atoms with Crippen molar-refractivity contribution in [2.45, 2.75) is 37.1 Å². The second-order valence-corrected chi connectivity index (χ2v) is 6.80. The fourth-order valence-corrected chi connectivity index (χ4v) is 3.83. The fourth-order valence-electron chi connectivity index (χ4n) is 2.42. The molecule has 1 aliphatic rings. The lowest BCUT2D eigenvalue weighted by atomic mass is 10.1. The van der Waals surface area contributed by atoms with Crippen molar-refractivity contribution in [1.82, 2.24) is 4.72 Å². The van der Waals surface area contributed by atoms with Crippen LogP contribution in [0.2, 0.25) is 0 Å². The molecule has 7 heteroatoms. The van der Waals surface area contributed by atoms with E-state index >= 15 is 0 Å². The molecule has 5 nitrogen and oxygen atoms in total. The molecule has 0 saturated heterocycles. The molecule has 1 saturated carbocycles. The maximum absolute atomic E-state index is 13.3. The summed E-state index contributed by atoms with van der Waals surface area (Å²) in [6.45, 7) is 1.97. The summed E-state index contributed by atoms with van der Waals surface area (Å²) in [6.07, 6.45) is 2.67. The molecule has 1 fully saturated rings. The molecule has 110 valence electrons. The summed E-state index contributed by atoms with van der Waals surface area (Å²) in [7, 11) is -3.83. The third-order valence-corrected chi connectivity index (χ3v) is 5.13. The lowest BCUT2D eigenvalue weighted by Gasteiger charge is -2.17. The molecule has 2 unspecified atom stereocenters. The normalized spacial score (nSPS) is 22.9. The number of aromatic carboxylic acids is 1. The Morgan fingerprint density at radius 3 is 2.65 bits per heavy atom. The summed E-state index contributed by atoms with van der Waals surface area (Å²) in [4.78, 5) is 10.6. The van der Waals surface area contributed by atoms with Crippen LogP contribution in [0.4, 0.5) is 4.39 Å². The smallest absolute Gasteiger partial charge is 0.338 e. The molecule has 1 aromatic carbocycles. The van der Waals surface area contributed by atoms with E-state index < -0.39 is 27.4 Å². The standard InChI is InChI=1S/C13H16FNO4S/c1-8-3-2-4-12(8)15-20(18,19)9-5-6-11(14)10(7-9)13(16)17/h5-8,12,15H,2-4H2,1H3,(H,16,17). The van der Waals surface area contributed by atoms with Crippen LogP contribution in [0.1, 0.15) is 36.5 Å². The minimum atomic E-state index is -3.83. The molecule has 0 heterocycles. The predicted molar refractivity (Wildman–Crippen MR) is 70.5 cm³/mol. The van der Waals surface area contributed by atoms with Crippen molar-refractivity contribution in [2.24, 2.45) is 5.92 Å². The van der Waals surface area contributed by atoms with Crippen LogP contribution in [-0.2, 0) is 10.0 Å². The summed E-state index contributed by atoms with van der Waals surface area (Å²) in [5, 5.41) is 8.83. The lowest BCUT2D eigenvalue weighted by Crippen LogP contribution is -2.36. The van der Waals surface area contributed by atoms with Gasteiger partial charge in [0.2, 0.25) is 10.0 Å². The Hall–Kier alpha value is -1.47. The summed E-state index contributed by atoms with van der Waals surface area (Å²) < 4.78 is 40.2. The maximum atomic E-state index is 13.3. The molecule has 0 aliphatic heterocycles. The summed E-state index contributed by atoms with van der Waals surface area (Å²) in [6, 6.07) is 2.62. The van der Waals surface area contributed by atoms with E-state index in [0.29, 0.717) is 0 Å². The highest BCUT2D eigenvalue weighted by atomic mass is 32.2. The van der Waals surface area contributed by atoms with Gasteiger partial charge in [0.1, 0.15) is 5.82 Å². The fraction of sp³-hybridized carbons (Fsp3) is 0.462. The van der Waals surface area contributed by atoms with Gasteiger partial charge in [-0.25, -0.2) is 22.3 Å². The number of benzene rings is 1. The third kappa shape index (κ3) is 2.99. The number of halogens is 1. The highest BCUT2D eigenvalue weighted by molar-refractivity contribution is 7.89. The Labute approximate surface area is 116 Å². The molecule has 0 radical (unpaired) electrons. The van der Waals surface area contributed by atoms with Crippen molar-refractivity contribution >= 4 is 16.0 Å². The molecule has 2 rings (SSSR count). The largest absolute Gasteiger partial charge is 0.478 e. The Kier molecular flexibility index (Phi) is 4.10. The SMILES string of the molecule is CC1CCCC1NS(=O)(=O)c1ccc(F)c(C(=O)O)c1. The number of hydrogen-bond donors (Lipinski definition) is 2. The zero-order chi connectivity index (χ0) is 14.9. The van der Waals surface area contributed by atoms with Crippen LogP contribution in [0, 0.1) is 11.7 Å². The van der Waals surface area contributed by atoms with E-state index in [0.717, 1.165) is 37.5 Å². The first-order valence-corrected chi connectivity index (χ1v) is 7.85. The number of carboxylic acid groups (broad SMARTS) is 1. The minimum Gasteiger partial charge on any atom is -0.478 e. The molecule has 0 spiro atoms. The maximum Gasteiger partial charge on any atom is 0.338 e. The number of nitrogens with one attached hydrogen (secondary N) is 1. The molecule has 20 heavy (non-hydrogen) atoms.